The second-order valence-corrected chi connectivity index (χ2v) is 7.91. The van der Waals surface area contributed by atoms with Crippen molar-refractivity contribution in [2.24, 2.45) is 0 Å². The first kappa shape index (κ1) is 24.2. The Balaban J connectivity index is 1.89. The molecule has 0 spiro atoms. The molecule has 0 heterocycles. The summed E-state index contributed by atoms with van der Waals surface area (Å²) in [6.45, 7) is 3.22. The van der Waals surface area contributed by atoms with Gasteiger partial charge in [-0.3, -0.25) is 0 Å². The summed E-state index contributed by atoms with van der Waals surface area (Å²) in [6, 6.07) is 19.8. The number of rotatable bonds is 9. The summed E-state index contributed by atoms with van der Waals surface area (Å²) in [5, 5.41) is 3.96. The zero-order valence-corrected chi connectivity index (χ0v) is 20.5. The van der Waals surface area contributed by atoms with E-state index in [1.807, 2.05) is 67.6 Å². The lowest BCUT2D eigenvalue weighted by molar-refractivity contribution is 0.352. The number of benzene rings is 3. The summed E-state index contributed by atoms with van der Waals surface area (Å²) in [4.78, 5) is 2.10. The molecule has 0 bridgehead atoms. The maximum atomic E-state index is 5.84. The molecule has 3 aromatic rings. The smallest absolute Gasteiger partial charge is 0.174 e. The van der Waals surface area contributed by atoms with E-state index in [9.17, 15) is 0 Å². The van der Waals surface area contributed by atoms with Crippen LogP contribution < -0.4 is 24.3 Å². The van der Waals surface area contributed by atoms with Crippen LogP contribution in [0.4, 0.5) is 5.69 Å². The first-order chi connectivity index (χ1) is 16.0. The Labute approximate surface area is 201 Å². The summed E-state index contributed by atoms with van der Waals surface area (Å²) in [5.41, 5.74) is 4.09. The maximum Gasteiger partial charge on any atom is 0.174 e. The van der Waals surface area contributed by atoms with Crippen LogP contribution in [-0.2, 0) is 13.1 Å². The van der Waals surface area contributed by atoms with Crippen molar-refractivity contribution in [3.05, 3.63) is 77.4 Å². The van der Waals surface area contributed by atoms with Crippen LogP contribution in [0.5, 0.6) is 23.0 Å². The molecule has 0 atom stereocenters. The van der Waals surface area contributed by atoms with E-state index in [1.54, 1.807) is 28.4 Å². The monoisotopic (exact) mass is 466 g/mol. The summed E-state index contributed by atoms with van der Waals surface area (Å²) in [6.07, 6.45) is 0. The van der Waals surface area contributed by atoms with E-state index < -0.39 is 0 Å². The van der Waals surface area contributed by atoms with Gasteiger partial charge in [-0.15, -0.1) is 0 Å². The average Bonchev–Trinajstić information content (AvgIpc) is 2.84. The van der Waals surface area contributed by atoms with Crippen molar-refractivity contribution in [1.29, 1.82) is 0 Å². The molecule has 0 saturated heterocycles. The predicted octanol–water partition coefficient (Wildman–Crippen LogP) is 5.43. The molecule has 174 valence electrons. The van der Waals surface area contributed by atoms with Crippen LogP contribution in [0.1, 0.15) is 16.7 Å². The van der Waals surface area contributed by atoms with E-state index in [-0.39, 0.29) is 0 Å². The van der Waals surface area contributed by atoms with E-state index in [1.165, 1.54) is 0 Å². The minimum atomic E-state index is 0.576. The van der Waals surface area contributed by atoms with Gasteiger partial charge in [-0.05, 0) is 72.2 Å². The van der Waals surface area contributed by atoms with Crippen molar-refractivity contribution in [1.82, 2.24) is 4.90 Å². The molecule has 0 fully saturated rings. The Kier molecular flexibility index (Phi) is 8.38. The molecule has 0 amide bonds. The molecule has 0 aliphatic carbocycles. The summed E-state index contributed by atoms with van der Waals surface area (Å²) in [5.74, 6) is 2.92. The number of hydrogen-bond donors (Lipinski definition) is 1. The largest absolute Gasteiger partial charge is 0.497 e. The quantitative estimate of drug-likeness (QED) is 0.422. The first-order valence-corrected chi connectivity index (χ1v) is 10.9. The number of ether oxygens (including phenoxy) is 4. The van der Waals surface area contributed by atoms with Gasteiger partial charge < -0.3 is 29.2 Å². The number of nitrogens with zero attached hydrogens (tertiary/aromatic N) is 1. The lowest BCUT2D eigenvalue weighted by atomic mass is 10.1. The molecule has 6 nitrogen and oxygen atoms in total. The zero-order chi connectivity index (χ0) is 23.8. The molecule has 1 N–H and O–H groups in total. The number of nitrogens with one attached hydrogen (secondary N) is 1. The van der Waals surface area contributed by atoms with Gasteiger partial charge in [-0.25, -0.2) is 0 Å². The Morgan fingerprint density at radius 3 is 1.97 bits per heavy atom. The van der Waals surface area contributed by atoms with Gasteiger partial charge >= 0.3 is 0 Å². The SMILES string of the molecule is COc1ccc(CN(Cc2ccc(OC)c(OC)c2)C(=S)Nc2cc(C)ccc2OC)cc1. The molecular formula is C26H30N2O4S. The van der Waals surface area contributed by atoms with E-state index in [0.717, 1.165) is 33.9 Å². The molecule has 0 aliphatic rings. The topological polar surface area (TPSA) is 52.2 Å². The second kappa shape index (κ2) is 11.4. The molecule has 0 unspecified atom stereocenters. The van der Waals surface area contributed by atoms with Crippen LogP contribution >= 0.6 is 12.2 Å². The van der Waals surface area contributed by atoms with Crippen molar-refractivity contribution in [2.45, 2.75) is 20.0 Å². The van der Waals surface area contributed by atoms with Crippen LogP contribution in [0.25, 0.3) is 0 Å². The highest BCUT2D eigenvalue weighted by Crippen LogP contribution is 2.29. The van der Waals surface area contributed by atoms with Gasteiger partial charge in [0.2, 0.25) is 0 Å². The Morgan fingerprint density at radius 1 is 0.727 bits per heavy atom. The molecule has 33 heavy (non-hydrogen) atoms. The number of anilines is 1. The molecule has 0 saturated carbocycles. The minimum absolute atomic E-state index is 0.576. The molecule has 3 aromatic carbocycles. The second-order valence-electron chi connectivity index (χ2n) is 7.53. The van der Waals surface area contributed by atoms with E-state index >= 15 is 0 Å². The average molecular weight is 467 g/mol. The number of thiocarbonyl (C=S) groups is 1. The van der Waals surface area contributed by atoms with E-state index in [2.05, 4.69) is 10.2 Å². The van der Waals surface area contributed by atoms with Crippen molar-refractivity contribution < 1.29 is 18.9 Å². The lowest BCUT2D eigenvalue weighted by Crippen LogP contribution is -2.34. The maximum absolute atomic E-state index is 5.84. The molecular weight excluding hydrogens is 436 g/mol. The highest BCUT2D eigenvalue weighted by Gasteiger charge is 2.15. The molecule has 0 radical (unpaired) electrons. The first-order valence-electron chi connectivity index (χ1n) is 10.5. The van der Waals surface area contributed by atoms with Gasteiger partial charge in [0.1, 0.15) is 11.5 Å². The van der Waals surface area contributed by atoms with Crippen LogP contribution in [0, 0.1) is 6.92 Å². The van der Waals surface area contributed by atoms with Gasteiger partial charge in [0.15, 0.2) is 16.6 Å². The molecule has 0 aromatic heterocycles. The fourth-order valence-corrected chi connectivity index (χ4v) is 3.70. The van der Waals surface area contributed by atoms with Gasteiger partial charge in [-0.1, -0.05) is 24.3 Å². The van der Waals surface area contributed by atoms with Crippen molar-refractivity contribution >= 4 is 23.0 Å². The molecule has 3 rings (SSSR count). The predicted molar refractivity (Wildman–Crippen MR) is 136 cm³/mol. The lowest BCUT2D eigenvalue weighted by Gasteiger charge is -2.27. The van der Waals surface area contributed by atoms with Crippen LogP contribution in [0.3, 0.4) is 0 Å². The van der Waals surface area contributed by atoms with Gasteiger partial charge in [-0.2, -0.15) is 0 Å². The number of hydrogen-bond acceptors (Lipinski definition) is 5. The standard InChI is InChI=1S/C26H30N2O4S/c1-18-6-12-23(30-3)22(14-18)27-26(33)28(16-19-7-10-21(29-2)11-8-19)17-20-9-13-24(31-4)25(15-20)32-5/h6-15H,16-17H2,1-5H3,(H,27,33). The number of methoxy groups -OCH3 is 4. The fourth-order valence-electron chi connectivity index (χ4n) is 3.46. The van der Waals surface area contributed by atoms with Crippen LogP contribution in [-0.4, -0.2) is 38.5 Å². The third kappa shape index (κ3) is 6.29. The van der Waals surface area contributed by atoms with Crippen molar-refractivity contribution in [2.75, 3.05) is 33.8 Å². The Hall–Kier alpha value is -3.45. The Bertz CT molecular complexity index is 1090. The van der Waals surface area contributed by atoms with Crippen LogP contribution in [0.2, 0.25) is 0 Å². The minimum Gasteiger partial charge on any atom is -0.497 e. The van der Waals surface area contributed by atoms with Gasteiger partial charge in [0.25, 0.3) is 0 Å². The van der Waals surface area contributed by atoms with E-state index in [0.29, 0.717) is 29.7 Å². The Morgan fingerprint density at radius 2 is 1.33 bits per heavy atom. The molecule has 0 aliphatic heterocycles. The summed E-state index contributed by atoms with van der Waals surface area (Å²) < 4.78 is 21.7. The highest BCUT2D eigenvalue weighted by atomic mass is 32.1. The van der Waals surface area contributed by atoms with Crippen molar-refractivity contribution in [3.63, 3.8) is 0 Å². The highest BCUT2D eigenvalue weighted by molar-refractivity contribution is 7.80. The van der Waals surface area contributed by atoms with E-state index in [4.69, 9.17) is 31.2 Å². The normalized spacial score (nSPS) is 10.3. The van der Waals surface area contributed by atoms with Gasteiger partial charge in [0.05, 0.1) is 34.1 Å². The van der Waals surface area contributed by atoms with Crippen molar-refractivity contribution in [3.8, 4) is 23.0 Å². The van der Waals surface area contributed by atoms with Gasteiger partial charge in [0, 0.05) is 13.1 Å². The summed E-state index contributed by atoms with van der Waals surface area (Å²) >= 11 is 5.84. The zero-order valence-electron chi connectivity index (χ0n) is 19.7. The molecule has 7 heteroatoms. The third-order valence-electron chi connectivity index (χ3n) is 5.24. The van der Waals surface area contributed by atoms with Crippen LogP contribution in [0.15, 0.2) is 60.7 Å². The summed E-state index contributed by atoms with van der Waals surface area (Å²) in [7, 11) is 6.57. The fraction of sp³-hybridized carbons (Fsp3) is 0.269. The number of aryl methyl sites for hydroxylation is 1. The third-order valence-corrected chi connectivity index (χ3v) is 5.60.